The van der Waals surface area contributed by atoms with Crippen molar-refractivity contribution >= 4 is 11.9 Å². The SMILES string of the molecule is COc1cc(C)nc(NCC(O)C(N)=O)n1. The molecular weight excluding hydrogens is 212 g/mol. The average molecular weight is 226 g/mol. The summed E-state index contributed by atoms with van der Waals surface area (Å²) >= 11 is 0. The lowest BCUT2D eigenvalue weighted by molar-refractivity contribution is -0.125. The Balaban J connectivity index is 2.66. The fourth-order valence-corrected chi connectivity index (χ4v) is 1.01. The van der Waals surface area contributed by atoms with Crippen molar-refractivity contribution in [2.45, 2.75) is 13.0 Å². The summed E-state index contributed by atoms with van der Waals surface area (Å²) in [6, 6.07) is 1.66. The van der Waals surface area contributed by atoms with Gasteiger partial charge >= 0.3 is 0 Å². The maximum absolute atomic E-state index is 10.6. The number of nitrogens with one attached hydrogen (secondary N) is 1. The molecular formula is C9H14N4O3. The Morgan fingerprint density at radius 2 is 2.38 bits per heavy atom. The minimum Gasteiger partial charge on any atom is -0.481 e. The van der Waals surface area contributed by atoms with E-state index >= 15 is 0 Å². The van der Waals surface area contributed by atoms with E-state index in [4.69, 9.17) is 15.6 Å². The monoisotopic (exact) mass is 226 g/mol. The first-order valence-corrected chi connectivity index (χ1v) is 4.64. The third-order valence-corrected chi connectivity index (χ3v) is 1.82. The number of nitrogens with zero attached hydrogens (tertiary/aromatic N) is 2. The van der Waals surface area contributed by atoms with Gasteiger partial charge in [0.05, 0.1) is 13.7 Å². The lowest BCUT2D eigenvalue weighted by atomic mass is 10.3. The number of aromatic nitrogens is 2. The van der Waals surface area contributed by atoms with E-state index in [0.717, 1.165) is 0 Å². The van der Waals surface area contributed by atoms with E-state index in [1.165, 1.54) is 7.11 Å². The van der Waals surface area contributed by atoms with Crippen molar-refractivity contribution < 1.29 is 14.6 Å². The van der Waals surface area contributed by atoms with Crippen LogP contribution in [0.1, 0.15) is 5.69 Å². The highest BCUT2D eigenvalue weighted by Gasteiger charge is 2.11. The summed E-state index contributed by atoms with van der Waals surface area (Å²) in [6.45, 7) is 1.74. The number of aliphatic hydroxyl groups is 1. The quantitative estimate of drug-likeness (QED) is 0.597. The van der Waals surface area contributed by atoms with Crippen LogP contribution in [0.3, 0.4) is 0 Å². The first kappa shape index (κ1) is 12.2. The average Bonchev–Trinajstić information content (AvgIpc) is 2.24. The molecule has 0 aliphatic heterocycles. The molecule has 0 saturated carbocycles. The number of methoxy groups -OCH3 is 1. The number of aryl methyl sites for hydroxylation is 1. The number of carbonyl (C=O) groups is 1. The zero-order valence-corrected chi connectivity index (χ0v) is 9.10. The number of amides is 1. The second-order valence-corrected chi connectivity index (χ2v) is 3.17. The van der Waals surface area contributed by atoms with E-state index in [1.807, 2.05) is 0 Å². The number of carbonyl (C=O) groups excluding carboxylic acids is 1. The molecule has 1 amide bonds. The first-order valence-electron chi connectivity index (χ1n) is 4.64. The second-order valence-electron chi connectivity index (χ2n) is 3.17. The Hall–Kier alpha value is -1.89. The third kappa shape index (κ3) is 3.35. The molecule has 88 valence electrons. The van der Waals surface area contributed by atoms with Crippen LogP contribution >= 0.6 is 0 Å². The van der Waals surface area contributed by atoms with Crippen molar-refractivity contribution in [2.75, 3.05) is 19.0 Å². The second kappa shape index (κ2) is 5.26. The molecule has 0 aromatic carbocycles. The fraction of sp³-hybridized carbons (Fsp3) is 0.444. The van der Waals surface area contributed by atoms with Crippen molar-refractivity contribution in [3.8, 4) is 5.88 Å². The van der Waals surface area contributed by atoms with E-state index in [2.05, 4.69) is 15.3 Å². The Morgan fingerprint density at radius 3 is 2.94 bits per heavy atom. The van der Waals surface area contributed by atoms with Crippen molar-refractivity contribution in [3.63, 3.8) is 0 Å². The first-order chi connectivity index (χ1) is 7.52. The third-order valence-electron chi connectivity index (χ3n) is 1.82. The van der Waals surface area contributed by atoms with Crippen LogP contribution in [0.4, 0.5) is 5.95 Å². The zero-order chi connectivity index (χ0) is 12.1. The predicted octanol–water partition coefficient (Wildman–Crippen LogP) is -0.948. The lowest BCUT2D eigenvalue weighted by Gasteiger charge is -2.09. The summed E-state index contributed by atoms with van der Waals surface area (Å²) in [5, 5.41) is 11.8. The highest BCUT2D eigenvalue weighted by Crippen LogP contribution is 2.10. The van der Waals surface area contributed by atoms with Gasteiger partial charge in [-0.2, -0.15) is 4.98 Å². The van der Waals surface area contributed by atoms with Gasteiger partial charge in [0.15, 0.2) is 0 Å². The standard InChI is InChI=1S/C9H14N4O3/c1-5-3-7(16-2)13-9(12-5)11-4-6(14)8(10)15/h3,6,14H,4H2,1-2H3,(H2,10,15)(H,11,12,13). The van der Waals surface area contributed by atoms with Crippen LogP contribution in [0.15, 0.2) is 6.07 Å². The maximum atomic E-state index is 10.6. The number of ether oxygens (including phenoxy) is 1. The molecule has 1 aromatic heterocycles. The molecule has 1 aromatic rings. The summed E-state index contributed by atoms with van der Waals surface area (Å²) in [5.41, 5.74) is 5.60. The Kier molecular flexibility index (Phi) is 4.01. The topological polar surface area (TPSA) is 110 Å². The van der Waals surface area contributed by atoms with Gasteiger partial charge in [-0.1, -0.05) is 0 Å². The van der Waals surface area contributed by atoms with E-state index in [1.54, 1.807) is 13.0 Å². The molecule has 1 atom stereocenters. The maximum Gasteiger partial charge on any atom is 0.248 e. The number of primary amides is 1. The zero-order valence-electron chi connectivity index (χ0n) is 9.10. The van der Waals surface area contributed by atoms with Crippen LogP contribution in [0.25, 0.3) is 0 Å². The molecule has 1 unspecified atom stereocenters. The molecule has 1 rings (SSSR count). The van der Waals surface area contributed by atoms with E-state index < -0.39 is 12.0 Å². The van der Waals surface area contributed by atoms with Gasteiger partial charge in [0.25, 0.3) is 0 Å². The molecule has 7 nitrogen and oxygen atoms in total. The van der Waals surface area contributed by atoms with Gasteiger partial charge in [-0.3, -0.25) is 4.79 Å². The van der Waals surface area contributed by atoms with Crippen molar-refractivity contribution in [3.05, 3.63) is 11.8 Å². The van der Waals surface area contributed by atoms with E-state index in [9.17, 15) is 4.79 Å². The number of rotatable bonds is 5. The predicted molar refractivity (Wildman–Crippen MR) is 57.0 cm³/mol. The van der Waals surface area contributed by atoms with Crippen molar-refractivity contribution in [2.24, 2.45) is 5.73 Å². The number of anilines is 1. The summed E-state index contributed by atoms with van der Waals surface area (Å²) in [4.78, 5) is 18.6. The summed E-state index contributed by atoms with van der Waals surface area (Å²) in [7, 11) is 1.49. The van der Waals surface area contributed by atoms with E-state index in [0.29, 0.717) is 11.6 Å². The number of hydrogen-bond donors (Lipinski definition) is 3. The molecule has 0 saturated heterocycles. The summed E-state index contributed by atoms with van der Waals surface area (Å²) in [5.74, 6) is -0.118. The molecule has 7 heteroatoms. The van der Waals surface area contributed by atoms with Crippen LogP contribution in [-0.2, 0) is 4.79 Å². The van der Waals surface area contributed by atoms with Crippen LogP contribution in [0, 0.1) is 6.92 Å². The normalized spacial score (nSPS) is 11.9. The highest BCUT2D eigenvalue weighted by molar-refractivity contribution is 5.79. The molecule has 0 spiro atoms. The molecule has 0 bridgehead atoms. The molecule has 4 N–H and O–H groups in total. The Bertz CT molecular complexity index is 383. The Labute approximate surface area is 92.7 Å². The van der Waals surface area contributed by atoms with Crippen LogP contribution < -0.4 is 15.8 Å². The van der Waals surface area contributed by atoms with Gasteiger partial charge in [-0.25, -0.2) is 4.98 Å². The van der Waals surface area contributed by atoms with Crippen LogP contribution in [0.2, 0.25) is 0 Å². The molecule has 0 radical (unpaired) electrons. The van der Waals surface area contributed by atoms with Gasteiger partial charge < -0.3 is 20.9 Å². The highest BCUT2D eigenvalue weighted by atomic mass is 16.5. The summed E-state index contributed by atoms with van der Waals surface area (Å²) in [6.07, 6.45) is -1.27. The largest absolute Gasteiger partial charge is 0.481 e. The molecule has 16 heavy (non-hydrogen) atoms. The molecule has 0 aliphatic carbocycles. The lowest BCUT2D eigenvalue weighted by Crippen LogP contribution is -2.34. The fourth-order valence-electron chi connectivity index (χ4n) is 1.01. The molecule has 1 heterocycles. The van der Waals surface area contributed by atoms with Gasteiger partial charge in [-0.15, -0.1) is 0 Å². The van der Waals surface area contributed by atoms with Gasteiger partial charge in [0.2, 0.25) is 17.7 Å². The molecule has 0 aliphatic rings. The van der Waals surface area contributed by atoms with Gasteiger partial charge in [-0.05, 0) is 6.92 Å². The van der Waals surface area contributed by atoms with Gasteiger partial charge in [0, 0.05) is 11.8 Å². The van der Waals surface area contributed by atoms with Gasteiger partial charge in [0.1, 0.15) is 6.10 Å². The smallest absolute Gasteiger partial charge is 0.248 e. The summed E-state index contributed by atoms with van der Waals surface area (Å²) < 4.78 is 4.94. The number of hydrogen-bond acceptors (Lipinski definition) is 6. The van der Waals surface area contributed by atoms with Crippen molar-refractivity contribution in [1.29, 1.82) is 0 Å². The Morgan fingerprint density at radius 1 is 1.69 bits per heavy atom. The number of aliphatic hydroxyl groups excluding tert-OH is 1. The van der Waals surface area contributed by atoms with E-state index in [-0.39, 0.29) is 12.5 Å². The number of nitrogens with two attached hydrogens (primary N) is 1. The molecule has 0 fully saturated rings. The van der Waals surface area contributed by atoms with Crippen LogP contribution in [0.5, 0.6) is 5.88 Å². The van der Waals surface area contributed by atoms with Crippen LogP contribution in [-0.4, -0.2) is 40.7 Å². The minimum absolute atomic E-state index is 0.0397. The van der Waals surface area contributed by atoms with Crippen molar-refractivity contribution in [1.82, 2.24) is 9.97 Å². The minimum atomic E-state index is -1.27.